The summed E-state index contributed by atoms with van der Waals surface area (Å²) in [6.07, 6.45) is 2.66. The molecule has 1 spiro atoms. The average molecular weight is 414 g/mol. The highest BCUT2D eigenvalue weighted by molar-refractivity contribution is 6.31. The lowest BCUT2D eigenvalue weighted by atomic mass is 9.54. The Kier molecular flexibility index (Phi) is 4.84. The molecule has 5 heteroatoms. The molecule has 3 nitrogen and oxygen atoms in total. The molecule has 1 saturated carbocycles. The number of halogens is 2. The summed E-state index contributed by atoms with van der Waals surface area (Å²) < 4.78 is 0. The predicted octanol–water partition coefficient (Wildman–Crippen LogP) is 5.91. The zero-order valence-corrected chi connectivity index (χ0v) is 17.3. The molecule has 0 bridgehead atoms. The van der Waals surface area contributed by atoms with Crippen LogP contribution in [0.1, 0.15) is 43.7 Å². The van der Waals surface area contributed by atoms with Gasteiger partial charge >= 0.3 is 0 Å². The zero-order valence-electron chi connectivity index (χ0n) is 15.8. The molecule has 1 fully saturated rings. The number of hydrogen-bond donors (Lipinski definition) is 1. The fourth-order valence-electron chi connectivity index (χ4n) is 4.95. The summed E-state index contributed by atoms with van der Waals surface area (Å²) in [7, 11) is 0. The summed E-state index contributed by atoms with van der Waals surface area (Å²) in [5, 5.41) is 4.21. The standard InChI is InChI=1S/C23H21Cl2NO2/c1-3-13(2)19-11-17(27)12-20(14-5-4-6-15(24)9-14)23(19)18-8-7-16(25)10-21(18)26-22(23)28/h3-10,19-20H,11-12H2,1-2H3,(H,26,28)/t19-,20+,23-/m1/s1. The molecule has 1 amide bonds. The smallest absolute Gasteiger partial charge is 0.236 e. The van der Waals surface area contributed by atoms with Crippen molar-refractivity contribution in [3.05, 3.63) is 75.3 Å². The first-order valence-electron chi connectivity index (χ1n) is 9.39. The summed E-state index contributed by atoms with van der Waals surface area (Å²) in [6, 6.07) is 13.0. The van der Waals surface area contributed by atoms with Crippen LogP contribution in [-0.4, -0.2) is 11.7 Å². The summed E-state index contributed by atoms with van der Waals surface area (Å²) in [5.41, 5.74) is 2.72. The number of benzene rings is 2. The molecule has 2 aromatic carbocycles. The SMILES string of the molecule is CC=C(C)[C@H]1CC(=O)C[C@@H](c2cccc(Cl)c2)[C@]12C(=O)Nc1cc(Cl)ccc12. The predicted molar refractivity (Wildman–Crippen MR) is 113 cm³/mol. The number of rotatable bonds is 2. The number of nitrogens with one attached hydrogen (secondary N) is 1. The van der Waals surface area contributed by atoms with E-state index >= 15 is 0 Å². The van der Waals surface area contributed by atoms with E-state index < -0.39 is 5.41 Å². The van der Waals surface area contributed by atoms with E-state index in [0.29, 0.717) is 22.9 Å². The van der Waals surface area contributed by atoms with E-state index in [-0.39, 0.29) is 23.5 Å². The van der Waals surface area contributed by atoms with Gasteiger partial charge < -0.3 is 5.32 Å². The lowest BCUT2D eigenvalue weighted by Crippen LogP contribution is -2.51. The lowest BCUT2D eigenvalue weighted by Gasteiger charge is -2.46. The van der Waals surface area contributed by atoms with Gasteiger partial charge in [0.05, 0.1) is 5.41 Å². The van der Waals surface area contributed by atoms with Crippen LogP contribution in [0.25, 0.3) is 0 Å². The normalized spacial score (nSPS) is 27.1. The van der Waals surface area contributed by atoms with Gasteiger partial charge in [0.25, 0.3) is 0 Å². The van der Waals surface area contributed by atoms with Crippen molar-refractivity contribution >= 4 is 40.6 Å². The summed E-state index contributed by atoms with van der Waals surface area (Å²) in [4.78, 5) is 26.4. The van der Waals surface area contributed by atoms with Gasteiger partial charge in [0, 0.05) is 40.4 Å². The molecule has 3 atom stereocenters. The minimum absolute atomic E-state index is 0.0755. The Morgan fingerprint density at radius 3 is 2.57 bits per heavy atom. The molecular weight excluding hydrogens is 393 g/mol. The molecule has 2 aromatic rings. The molecule has 144 valence electrons. The van der Waals surface area contributed by atoms with E-state index in [1.54, 1.807) is 12.1 Å². The quantitative estimate of drug-likeness (QED) is 0.621. The van der Waals surface area contributed by atoms with Crippen LogP contribution in [0.5, 0.6) is 0 Å². The van der Waals surface area contributed by atoms with E-state index in [1.165, 1.54) is 0 Å². The van der Waals surface area contributed by atoms with Crippen molar-refractivity contribution in [1.82, 2.24) is 0 Å². The first-order chi connectivity index (χ1) is 13.4. The van der Waals surface area contributed by atoms with Crippen LogP contribution >= 0.6 is 23.2 Å². The summed E-state index contributed by atoms with van der Waals surface area (Å²) >= 11 is 12.5. The number of Topliss-reactive ketones (excluding diaryl/α,β-unsaturated/α-hetero) is 1. The van der Waals surface area contributed by atoms with Crippen molar-refractivity contribution in [2.45, 2.75) is 38.0 Å². The molecule has 0 aromatic heterocycles. The van der Waals surface area contributed by atoms with Crippen LogP contribution < -0.4 is 5.32 Å². The third-order valence-electron chi connectivity index (χ3n) is 6.27. The Hall–Kier alpha value is -2.10. The minimum Gasteiger partial charge on any atom is -0.325 e. The average Bonchev–Trinajstić information content (AvgIpc) is 2.94. The van der Waals surface area contributed by atoms with Gasteiger partial charge in [0.15, 0.2) is 0 Å². The fourth-order valence-corrected chi connectivity index (χ4v) is 5.32. The lowest BCUT2D eigenvalue weighted by molar-refractivity contribution is -0.130. The number of hydrogen-bond acceptors (Lipinski definition) is 2. The molecule has 1 aliphatic heterocycles. The molecule has 0 radical (unpaired) electrons. The number of amides is 1. The zero-order chi connectivity index (χ0) is 20.1. The minimum atomic E-state index is -0.866. The van der Waals surface area contributed by atoms with Crippen LogP contribution in [0.3, 0.4) is 0 Å². The molecule has 0 saturated heterocycles. The van der Waals surface area contributed by atoms with Crippen LogP contribution in [0.4, 0.5) is 5.69 Å². The molecule has 4 rings (SSSR count). The Morgan fingerprint density at radius 1 is 1.11 bits per heavy atom. The second-order valence-corrected chi connectivity index (χ2v) is 8.53. The van der Waals surface area contributed by atoms with Crippen molar-refractivity contribution in [1.29, 1.82) is 0 Å². The maximum Gasteiger partial charge on any atom is 0.236 e. The highest BCUT2D eigenvalue weighted by atomic mass is 35.5. The van der Waals surface area contributed by atoms with Gasteiger partial charge in [-0.3, -0.25) is 9.59 Å². The van der Waals surface area contributed by atoms with Crippen LogP contribution in [-0.2, 0) is 15.0 Å². The first-order valence-corrected chi connectivity index (χ1v) is 10.1. The number of allylic oxidation sites excluding steroid dienone is 2. The van der Waals surface area contributed by atoms with Gasteiger partial charge in [-0.1, -0.05) is 53.1 Å². The molecular formula is C23H21Cl2NO2. The highest BCUT2D eigenvalue weighted by Gasteiger charge is 2.60. The number of fused-ring (bicyclic) bond motifs is 2. The number of carbonyl (C=O) groups is 2. The second kappa shape index (κ2) is 7.06. The number of anilines is 1. The molecule has 1 heterocycles. The van der Waals surface area contributed by atoms with Crippen LogP contribution in [0.2, 0.25) is 10.0 Å². The monoisotopic (exact) mass is 413 g/mol. The second-order valence-electron chi connectivity index (χ2n) is 7.65. The van der Waals surface area contributed by atoms with Gasteiger partial charge in [0.2, 0.25) is 5.91 Å². The highest BCUT2D eigenvalue weighted by Crippen LogP contribution is 2.58. The van der Waals surface area contributed by atoms with Gasteiger partial charge in [-0.2, -0.15) is 0 Å². The van der Waals surface area contributed by atoms with Crippen molar-refractivity contribution in [3.8, 4) is 0 Å². The maximum atomic E-state index is 13.6. The molecule has 0 unspecified atom stereocenters. The molecule has 1 N–H and O–H groups in total. The third-order valence-corrected chi connectivity index (χ3v) is 6.74. The van der Waals surface area contributed by atoms with Gasteiger partial charge in [-0.05, 0) is 49.2 Å². The van der Waals surface area contributed by atoms with Gasteiger partial charge in [0.1, 0.15) is 5.78 Å². The van der Waals surface area contributed by atoms with E-state index in [9.17, 15) is 9.59 Å². The molecule has 28 heavy (non-hydrogen) atoms. The topological polar surface area (TPSA) is 46.2 Å². The van der Waals surface area contributed by atoms with E-state index in [0.717, 1.165) is 22.4 Å². The first kappa shape index (κ1) is 19.2. The van der Waals surface area contributed by atoms with E-state index in [1.807, 2.05) is 50.3 Å². The summed E-state index contributed by atoms with van der Waals surface area (Å²) in [5.74, 6) is -0.426. The molecule has 2 aliphatic rings. The maximum absolute atomic E-state index is 13.6. The van der Waals surface area contributed by atoms with Gasteiger partial charge in [-0.25, -0.2) is 0 Å². The van der Waals surface area contributed by atoms with Crippen molar-refractivity contribution in [3.63, 3.8) is 0 Å². The van der Waals surface area contributed by atoms with Crippen molar-refractivity contribution in [2.24, 2.45) is 5.92 Å². The van der Waals surface area contributed by atoms with E-state index in [2.05, 4.69) is 5.32 Å². The van der Waals surface area contributed by atoms with Crippen LogP contribution in [0.15, 0.2) is 54.1 Å². The van der Waals surface area contributed by atoms with Gasteiger partial charge in [-0.15, -0.1) is 0 Å². The Morgan fingerprint density at radius 2 is 1.86 bits per heavy atom. The largest absolute Gasteiger partial charge is 0.325 e. The number of ketones is 1. The van der Waals surface area contributed by atoms with Crippen LogP contribution in [0, 0.1) is 5.92 Å². The van der Waals surface area contributed by atoms with Crippen molar-refractivity contribution < 1.29 is 9.59 Å². The fraction of sp³-hybridized carbons (Fsp3) is 0.304. The third kappa shape index (κ3) is 2.80. The summed E-state index contributed by atoms with van der Waals surface area (Å²) in [6.45, 7) is 3.95. The number of carbonyl (C=O) groups excluding carboxylic acids is 2. The van der Waals surface area contributed by atoms with E-state index in [4.69, 9.17) is 23.2 Å². The van der Waals surface area contributed by atoms with Crippen molar-refractivity contribution in [2.75, 3.05) is 5.32 Å². The Labute approximate surface area is 174 Å². The Balaban J connectivity index is 2.02. The Bertz CT molecular complexity index is 1010. The molecule has 1 aliphatic carbocycles.